The second kappa shape index (κ2) is 7.54. The lowest BCUT2D eigenvalue weighted by Crippen LogP contribution is -2.42. The van der Waals surface area contributed by atoms with E-state index >= 15 is 0 Å². The van der Waals surface area contributed by atoms with Crippen molar-refractivity contribution in [3.8, 4) is 0 Å². The van der Waals surface area contributed by atoms with Crippen molar-refractivity contribution in [3.63, 3.8) is 0 Å². The van der Waals surface area contributed by atoms with Crippen molar-refractivity contribution >= 4 is 34.8 Å². The number of amides is 1. The highest BCUT2D eigenvalue weighted by Gasteiger charge is 2.62. The van der Waals surface area contributed by atoms with Crippen LogP contribution in [0.4, 0.5) is 13.2 Å². The van der Waals surface area contributed by atoms with E-state index in [9.17, 15) is 18.0 Å². The molecule has 0 saturated heterocycles. The molecule has 1 atom stereocenters. The molecule has 0 radical (unpaired) electrons. The maximum absolute atomic E-state index is 14.1. The molecular weight excluding hydrogens is 428 g/mol. The molecule has 9 heteroatoms. The SMILES string of the molecule is CCc1c(C2=NOC(c3cc(Cl)cc(Cl)c3)(C(F)(F)F)C2)ccc(C(N)=O)c1C. The van der Waals surface area contributed by atoms with Gasteiger partial charge in [0.2, 0.25) is 5.91 Å². The second-order valence-corrected chi connectivity index (χ2v) is 7.64. The van der Waals surface area contributed by atoms with E-state index in [4.69, 9.17) is 33.8 Å². The molecule has 2 aromatic rings. The second-order valence-electron chi connectivity index (χ2n) is 6.77. The van der Waals surface area contributed by atoms with Crippen molar-refractivity contribution in [2.45, 2.75) is 38.5 Å². The number of carbonyl (C=O) groups is 1. The summed E-state index contributed by atoms with van der Waals surface area (Å²) in [6.07, 6.45) is -4.86. The van der Waals surface area contributed by atoms with Crippen LogP contribution in [0, 0.1) is 6.92 Å². The Morgan fingerprint density at radius 1 is 1.24 bits per heavy atom. The summed E-state index contributed by atoms with van der Waals surface area (Å²) >= 11 is 11.8. The Morgan fingerprint density at radius 2 is 1.86 bits per heavy atom. The maximum Gasteiger partial charge on any atom is 0.435 e. The maximum atomic E-state index is 14.1. The Hall–Kier alpha value is -2.25. The van der Waals surface area contributed by atoms with Crippen molar-refractivity contribution in [3.05, 3.63) is 68.2 Å². The normalized spacial score (nSPS) is 19.1. The molecule has 1 unspecified atom stereocenters. The van der Waals surface area contributed by atoms with Crippen LogP contribution < -0.4 is 5.73 Å². The molecule has 0 spiro atoms. The van der Waals surface area contributed by atoms with Crippen LogP contribution in [0.15, 0.2) is 35.5 Å². The van der Waals surface area contributed by atoms with Gasteiger partial charge in [-0.3, -0.25) is 4.79 Å². The van der Waals surface area contributed by atoms with Crippen LogP contribution in [-0.2, 0) is 16.9 Å². The van der Waals surface area contributed by atoms with Gasteiger partial charge in [-0.1, -0.05) is 41.3 Å². The van der Waals surface area contributed by atoms with Gasteiger partial charge in [-0.25, -0.2) is 0 Å². The lowest BCUT2D eigenvalue weighted by atomic mass is 9.84. The summed E-state index contributed by atoms with van der Waals surface area (Å²) in [6, 6.07) is 6.71. The molecule has 0 fully saturated rings. The number of oxime groups is 1. The highest BCUT2D eigenvalue weighted by molar-refractivity contribution is 6.34. The fourth-order valence-corrected chi connectivity index (χ4v) is 4.11. The molecule has 4 nitrogen and oxygen atoms in total. The van der Waals surface area contributed by atoms with E-state index in [0.717, 1.165) is 0 Å². The zero-order valence-electron chi connectivity index (χ0n) is 15.5. The molecule has 3 rings (SSSR count). The topological polar surface area (TPSA) is 64.7 Å². The number of hydrogen-bond acceptors (Lipinski definition) is 3. The minimum absolute atomic E-state index is 0.0593. The van der Waals surface area contributed by atoms with Crippen LogP contribution in [0.5, 0.6) is 0 Å². The van der Waals surface area contributed by atoms with E-state index in [1.54, 1.807) is 13.0 Å². The molecule has 1 aliphatic heterocycles. The van der Waals surface area contributed by atoms with Crippen LogP contribution in [0.25, 0.3) is 0 Å². The smallest absolute Gasteiger partial charge is 0.374 e. The van der Waals surface area contributed by atoms with Crippen LogP contribution >= 0.6 is 23.2 Å². The first-order valence-corrected chi connectivity index (χ1v) is 9.46. The van der Waals surface area contributed by atoms with E-state index in [-0.39, 0.29) is 21.3 Å². The summed E-state index contributed by atoms with van der Waals surface area (Å²) in [4.78, 5) is 16.6. The minimum atomic E-state index is -4.78. The van der Waals surface area contributed by atoms with Crippen LogP contribution in [0.3, 0.4) is 0 Å². The number of alkyl halides is 3. The molecule has 154 valence electrons. The first-order chi connectivity index (χ1) is 13.5. The zero-order chi connectivity index (χ0) is 21.6. The van der Waals surface area contributed by atoms with E-state index < -0.39 is 24.1 Å². The van der Waals surface area contributed by atoms with Gasteiger partial charge in [-0.15, -0.1) is 0 Å². The van der Waals surface area contributed by atoms with Crippen LogP contribution in [0.2, 0.25) is 10.0 Å². The van der Waals surface area contributed by atoms with Crippen LogP contribution in [0.1, 0.15) is 46.0 Å². The quantitative estimate of drug-likeness (QED) is 0.671. The summed E-state index contributed by atoms with van der Waals surface area (Å²) in [5.41, 5.74) is 4.64. The number of hydrogen-bond donors (Lipinski definition) is 1. The fraction of sp³-hybridized carbons (Fsp3) is 0.300. The van der Waals surface area contributed by atoms with Gasteiger partial charge in [0.15, 0.2) is 0 Å². The van der Waals surface area contributed by atoms with Crippen molar-refractivity contribution in [2.75, 3.05) is 0 Å². The molecule has 0 aliphatic carbocycles. The Balaban J connectivity index is 2.10. The van der Waals surface area contributed by atoms with Gasteiger partial charge >= 0.3 is 6.18 Å². The minimum Gasteiger partial charge on any atom is -0.374 e. The molecule has 0 saturated carbocycles. The summed E-state index contributed by atoms with van der Waals surface area (Å²) in [5.74, 6) is -0.605. The molecular formula is C20H17Cl2F3N2O2. The average molecular weight is 445 g/mol. The number of nitrogens with zero attached hydrogens (tertiary/aromatic N) is 1. The van der Waals surface area contributed by atoms with Crippen molar-refractivity contribution in [1.29, 1.82) is 0 Å². The molecule has 1 aliphatic rings. The van der Waals surface area contributed by atoms with E-state index in [1.165, 1.54) is 24.3 Å². The Kier molecular flexibility index (Phi) is 5.58. The number of halogens is 5. The third kappa shape index (κ3) is 3.69. The van der Waals surface area contributed by atoms with Gasteiger partial charge in [-0.2, -0.15) is 13.2 Å². The summed E-state index contributed by atoms with van der Waals surface area (Å²) in [7, 11) is 0. The standard InChI is InChI=1S/C20H17Cl2F3N2O2/c1-3-14-10(2)15(18(26)28)4-5-16(14)17-9-19(29-27-17,20(23,24)25)11-6-12(21)8-13(22)7-11/h4-8H,3,9H2,1-2H3,(H2,26,28). The molecule has 0 bridgehead atoms. The Morgan fingerprint density at radius 3 is 2.38 bits per heavy atom. The first-order valence-electron chi connectivity index (χ1n) is 8.71. The predicted octanol–water partition coefficient (Wildman–Crippen LogP) is 5.55. The first kappa shape index (κ1) is 21.5. The zero-order valence-corrected chi connectivity index (χ0v) is 17.0. The van der Waals surface area contributed by atoms with Gasteiger partial charge in [0.1, 0.15) is 0 Å². The highest BCUT2D eigenvalue weighted by Crippen LogP contribution is 2.50. The number of rotatable bonds is 4. The van der Waals surface area contributed by atoms with Crippen molar-refractivity contribution < 1.29 is 22.8 Å². The summed E-state index contributed by atoms with van der Waals surface area (Å²) < 4.78 is 42.4. The van der Waals surface area contributed by atoms with Crippen molar-refractivity contribution in [2.24, 2.45) is 10.9 Å². The summed E-state index contributed by atoms with van der Waals surface area (Å²) in [6.45, 7) is 3.53. The number of nitrogens with two attached hydrogens (primary N) is 1. The molecule has 2 N–H and O–H groups in total. The number of carbonyl (C=O) groups excluding carboxylic acids is 1. The number of primary amides is 1. The van der Waals surface area contributed by atoms with Crippen LogP contribution in [-0.4, -0.2) is 17.8 Å². The largest absolute Gasteiger partial charge is 0.435 e. The van der Waals surface area contributed by atoms with Gasteiger partial charge in [0.05, 0.1) is 5.71 Å². The highest BCUT2D eigenvalue weighted by atomic mass is 35.5. The van der Waals surface area contributed by atoms with Gasteiger partial charge in [0, 0.05) is 33.2 Å². The molecule has 2 aromatic carbocycles. The van der Waals surface area contributed by atoms with Gasteiger partial charge in [-0.05, 0) is 48.7 Å². The lowest BCUT2D eigenvalue weighted by molar-refractivity contribution is -0.275. The van der Waals surface area contributed by atoms with E-state index in [0.29, 0.717) is 28.7 Å². The Labute approximate surface area is 175 Å². The molecule has 0 aromatic heterocycles. The Bertz CT molecular complexity index is 1000. The van der Waals surface area contributed by atoms with E-state index in [2.05, 4.69) is 5.16 Å². The average Bonchev–Trinajstić information content (AvgIpc) is 3.06. The summed E-state index contributed by atoms with van der Waals surface area (Å²) in [5, 5.41) is 3.90. The van der Waals surface area contributed by atoms with Crippen molar-refractivity contribution in [1.82, 2.24) is 0 Å². The molecule has 29 heavy (non-hydrogen) atoms. The van der Waals surface area contributed by atoms with E-state index in [1.807, 2.05) is 6.92 Å². The molecule has 1 heterocycles. The lowest BCUT2D eigenvalue weighted by Gasteiger charge is -2.29. The van der Waals surface area contributed by atoms with Gasteiger partial charge < -0.3 is 10.6 Å². The molecule has 1 amide bonds. The fourth-order valence-electron chi connectivity index (χ4n) is 3.58. The van der Waals surface area contributed by atoms with Gasteiger partial charge in [0.25, 0.3) is 5.60 Å². The predicted molar refractivity (Wildman–Crippen MR) is 106 cm³/mol. The number of benzene rings is 2. The monoisotopic (exact) mass is 444 g/mol. The third-order valence-corrected chi connectivity index (χ3v) is 5.48. The third-order valence-electron chi connectivity index (χ3n) is 5.04.